The summed E-state index contributed by atoms with van der Waals surface area (Å²) in [5.74, 6) is 1.42. The summed E-state index contributed by atoms with van der Waals surface area (Å²) in [7, 11) is 3.36. The van der Waals surface area contributed by atoms with Crippen molar-refractivity contribution in [1.29, 1.82) is 0 Å². The first kappa shape index (κ1) is 14.8. The molecule has 0 aliphatic rings. The lowest BCUT2D eigenvalue weighted by atomic mass is 10.3. The van der Waals surface area contributed by atoms with E-state index in [1.165, 1.54) is 0 Å². The maximum atomic E-state index is 11.6. The van der Waals surface area contributed by atoms with Crippen molar-refractivity contribution in [3.05, 3.63) is 24.3 Å². The lowest BCUT2D eigenvalue weighted by Gasteiger charge is -2.19. The van der Waals surface area contributed by atoms with E-state index in [2.05, 4.69) is 15.9 Å². The molecule has 1 atom stereocenters. The second kappa shape index (κ2) is 7.26. The number of methoxy groups -OCH3 is 1. The smallest absolute Gasteiger partial charge is 0.235 e. The zero-order valence-electron chi connectivity index (χ0n) is 10.9. The number of alkyl halides is 1. The van der Waals surface area contributed by atoms with Gasteiger partial charge in [-0.15, -0.1) is 0 Å². The van der Waals surface area contributed by atoms with Crippen molar-refractivity contribution < 1.29 is 14.3 Å². The monoisotopic (exact) mass is 315 g/mol. The van der Waals surface area contributed by atoms with Crippen LogP contribution in [0.4, 0.5) is 0 Å². The number of nitrogens with zero attached hydrogens (tertiary/aromatic N) is 1. The number of halogens is 1. The summed E-state index contributed by atoms with van der Waals surface area (Å²) >= 11 is 3.25. The average molecular weight is 316 g/mol. The third kappa shape index (κ3) is 4.22. The van der Waals surface area contributed by atoms with Crippen LogP contribution in [-0.4, -0.2) is 42.9 Å². The molecule has 0 aliphatic heterocycles. The second-order valence-electron chi connectivity index (χ2n) is 3.88. The van der Waals surface area contributed by atoms with Crippen molar-refractivity contribution in [3.63, 3.8) is 0 Å². The van der Waals surface area contributed by atoms with Gasteiger partial charge in [-0.2, -0.15) is 0 Å². The molecule has 5 heteroatoms. The maximum Gasteiger partial charge on any atom is 0.235 e. The molecular weight excluding hydrogens is 298 g/mol. The van der Waals surface area contributed by atoms with Gasteiger partial charge in [0, 0.05) is 7.05 Å². The Kier molecular flexibility index (Phi) is 5.98. The van der Waals surface area contributed by atoms with Crippen molar-refractivity contribution in [2.24, 2.45) is 0 Å². The summed E-state index contributed by atoms with van der Waals surface area (Å²) < 4.78 is 10.8. The summed E-state index contributed by atoms with van der Waals surface area (Å²) in [4.78, 5) is 13.1. The molecule has 100 valence electrons. The number of likely N-dealkylation sites (N-methyl/N-ethyl adjacent to an activating group) is 1. The quantitative estimate of drug-likeness (QED) is 0.756. The minimum atomic E-state index is -0.172. The largest absolute Gasteiger partial charge is 0.493 e. The molecule has 0 N–H and O–H groups in total. The molecule has 0 fully saturated rings. The standard InChI is InChI=1S/C13H18BrNO3/c1-10(14)13(16)15(2)8-9-18-12-7-5-4-6-11(12)17-3/h4-7,10H,8-9H2,1-3H3. The lowest BCUT2D eigenvalue weighted by Crippen LogP contribution is -2.35. The number of hydrogen-bond donors (Lipinski definition) is 0. The van der Waals surface area contributed by atoms with E-state index in [9.17, 15) is 4.79 Å². The van der Waals surface area contributed by atoms with Crippen LogP contribution < -0.4 is 9.47 Å². The van der Waals surface area contributed by atoms with E-state index < -0.39 is 0 Å². The molecule has 4 nitrogen and oxygen atoms in total. The van der Waals surface area contributed by atoms with Gasteiger partial charge in [-0.1, -0.05) is 28.1 Å². The van der Waals surface area contributed by atoms with E-state index in [1.54, 1.807) is 26.0 Å². The Hall–Kier alpha value is -1.23. The van der Waals surface area contributed by atoms with Crippen molar-refractivity contribution in [2.75, 3.05) is 27.3 Å². The van der Waals surface area contributed by atoms with Gasteiger partial charge in [-0.05, 0) is 19.1 Å². The van der Waals surface area contributed by atoms with Gasteiger partial charge in [-0.3, -0.25) is 4.79 Å². The van der Waals surface area contributed by atoms with E-state index >= 15 is 0 Å². The van der Waals surface area contributed by atoms with Crippen LogP contribution in [0.1, 0.15) is 6.92 Å². The van der Waals surface area contributed by atoms with Gasteiger partial charge in [0.1, 0.15) is 6.61 Å². The van der Waals surface area contributed by atoms with Crippen molar-refractivity contribution in [1.82, 2.24) is 4.90 Å². The van der Waals surface area contributed by atoms with Gasteiger partial charge in [0.15, 0.2) is 11.5 Å². The molecule has 0 saturated heterocycles. The van der Waals surface area contributed by atoms with Gasteiger partial charge >= 0.3 is 0 Å². The average Bonchev–Trinajstić information content (AvgIpc) is 2.38. The summed E-state index contributed by atoms with van der Waals surface area (Å²) in [6.45, 7) is 2.77. The predicted molar refractivity (Wildman–Crippen MR) is 74.5 cm³/mol. The van der Waals surface area contributed by atoms with Gasteiger partial charge < -0.3 is 14.4 Å². The van der Waals surface area contributed by atoms with Gasteiger partial charge in [0.25, 0.3) is 0 Å². The van der Waals surface area contributed by atoms with Crippen molar-refractivity contribution >= 4 is 21.8 Å². The molecule has 0 radical (unpaired) electrons. The van der Waals surface area contributed by atoms with Gasteiger partial charge in [0.2, 0.25) is 5.91 Å². The predicted octanol–water partition coefficient (Wildman–Crippen LogP) is 2.32. The number of ether oxygens (including phenoxy) is 2. The number of benzene rings is 1. The van der Waals surface area contributed by atoms with Crippen LogP contribution in [0, 0.1) is 0 Å². The number of carbonyl (C=O) groups is 1. The van der Waals surface area contributed by atoms with Crippen LogP contribution in [0.25, 0.3) is 0 Å². The van der Waals surface area contributed by atoms with Crippen LogP contribution >= 0.6 is 15.9 Å². The van der Waals surface area contributed by atoms with Crippen LogP contribution in [-0.2, 0) is 4.79 Å². The lowest BCUT2D eigenvalue weighted by molar-refractivity contribution is -0.129. The molecule has 1 amide bonds. The number of carbonyl (C=O) groups excluding carboxylic acids is 1. The summed E-state index contributed by atoms with van der Waals surface area (Å²) in [5, 5.41) is 0. The normalized spacial score (nSPS) is 11.8. The zero-order chi connectivity index (χ0) is 13.5. The number of amides is 1. The fourth-order valence-corrected chi connectivity index (χ4v) is 1.79. The third-order valence-electron chi connectivity index (χ3n) is 2.47. The fraction of sp³-hybridized carbons (Fsp3) is 0.462. The SMILES string of the molecule is COc1ccccc1OCCN(C)C(=O)C(C)Br. The van der Waals surface area contributed by atoms with Crippen molar-refractivity contribution in [3.8, 4) is 11.5 Å². The van der Waals surface area contributed by atoms with E-state index in [0.29, 0.717) is 24.7 Å². The molecule has 0 spiro atoms. The van der Waals surface area contributed by atoms with E-state index in [-0.39, 0.29) is 10.7 Å². The minimum absolute atomic E-state index is 0.0404. The second-order valence-corrected chi connectivity index (χ2v) is 5.25. The topological polar surface area (TPSA) is 38.8 Å². The Balaban J connectivity index is 2.44. The first-order chi connectivity index (χ1) is 8.56. The van der Waals surface area contributed by atoms with E-state index in [0.717, 1.165) is 0 Å². The van der Waals surface area contributed by atoms with Crippen LogP contribution in [0.3, 0.4) is 0 Å². The minimum Gasteiger partial charge on any atom is -0.493 e. The summed E-state index contributed by atoms with van der Waals surface area (Å²) in [5.41, 5.74) is 0. The third-order valence-corrected chi connectivity index (χ3v) is 2.86. The fourth-order valence-electron chi connectivity index (χ4n) is 1.44. The van der Waals surface area contributed by atoms with Crippen LogP contribution in [0.15, 0.2) is 24.3 Å². The summed E-state index contributed by atoms with van der Waals surface area (Å²) in [6, 6.07) is 7.44. The molecule has 0 aromatic heterocycles. The highest BCUT2D eigenvalue weighted by Crippen LogP contribution is 2.25. The Morgan fingerprint density at radius 2 is 2.00 bits per heavy atom. The Morgan fingerprint density at radius 3 is 2.56 bits per heavy atom. The Morgan fingerprint density at radius 1 is 1.39 bits per heavy atom. The number of rotatable bonds is 6. The molecule has 0 bridgehead atoms. The molecule has 1 rings (SSSR count). The van der Waals surface area contributed by atoms with Crippen LogP contribution in [0.5, 0.6) is 11.5 Å². The molecule has 0 aliphatic carbocycles. The van der Waals surface area contributed by atoms with Gasteiger partial charge in [-0.25, -0.2) is 0 Å². The van der Waals surface area contributed by atoms with Crippen molar-refractivity contribution in [2.45, 2.75) is 11.8 Å². The highest BCUT2D eigenvalue weighted by molar-refractivity contribution is 9.10. The molecular formula is C13H18BrNO3. The molecule has 18 heavy (non-hydrogen) atoms. The molecule has 0 heterocycles. The highest BCUT2D eigenvalue weighted by Gasteiger charge is 2.14. The summed E-state index contributed by atoms with van der Waals surface area (Å²) in [6.07, 6.45) is 0. The maximum absolute atomic E-state index is 11.6. The van der Waals surface area contributed by atoms with Crippen LogP contribution in [0.2, 0.25) is 0 Å². The molecule has 1 unspecified atom stereocenters. The molecule has 0 saturated carbocycles. The molecule has 1 aromatic carbocycles. The number of hydrogen-bond acceptors (Lipinski definition) is 3. The Labute approximate surface area is 116 Å². The van der Waals surface area contributed by atoms with Gasteiger partial charge in [0.05, 0.1) is 18.5 Å². The first-order valence-corrected chi connectivity index (χ1v) is 6.62. The van der Waals surface area contributed by atoms with E-state index in [1.807, 2.05) is 24.3 Å². The number of para-hydroxylation sites is 2. The van der Waals surface area contributed by atoms with E-state index in [4.69, 9.17) is 9.47 Å². The first-order valence-electron chi connectivity index (χ1n) is 5.71. The molecule has 1 aromatic rings. The Bertz CT molecular complexity index is 396. The highest BCUT2D eigenvalue weighted by atomic mass is 79.9. The zero-order valence-corrected chi connectivity index (χ0v) is 12.4.